The van der Waals surface area contributed by atoms with E-state index in [2.05, 4.69) is 48.5 Å². The summed E-state index contributed by atoms with van der Waals surface area (Å²) in [5.74, 6) is 0.636. The zero-order valence-electron chi connectivity index (χ0n) is 18.4. The Labute approximate surface area is 190 Å². The Morgan fingerprint density at radius 2 is 0.625 bits per heavy atom. The zero-order chi connectivity index (χ0) is 22.2. The number of hydrogen-bond acceptors (Lipinski definition) is 2. The Kier molecular flexibility index (Phi) is 7.24. The van der Waals surface area contributed by atoms with E-state index in [1.54, 1.807) is 24.3 Å². The summed E-state index contributed by atoms with van der Waals surface area (Å²) in [6.45, 7) is 0. The highest BCUT2D eigenvalue weighted by molar-refractivity contribution is 5.34. The summed E-state index contributed by atoms with van der Waals surface area (Å²) in [5, 5.41) is 19.0. The predicted octanol–water partition coefficient (Wildman–Crippen LogP) is 6.45. The molecule has 0 radical (unpaired) electrons. The Morgan fingerprint density at radius 3 is 0.938 bits per heavy atom. The van der Waals surface area contributed by atoms with Gasteiger partial charge in [-0.15, -0.1) is 0 Å². The molecule has 4 aromatic rings. The van der Waals surface area contributed by atoms with E-state index in [9.17, 15) is 10.2 Å². The third kappa shape index (κ3) is 6.01. The molecule has 0 fully saturated rings. The van der Waals surface area contributed by atoms with E-state index in [1.165, 1.54) is 33.4 Å². The van der Waals surface area contributed by atoms with Gasteiger partial charge in [0.1, 0.15) is 11.5 Å². The first-order chi connectivity index (χ1) is 15.7. The lowest BCUT2D eigenvalue weighted by Crippen LogP contribution is -2.02. The largest absolute Gasteiger partial charge is 0.508 e. The summed E-state index contributed by atoms with van der Waals surface area (Å²) in [6.07, 6.45) is 6.01. The quantitative estimate of drug-likeness (QED) is 0.325. The molecule has 2 heteroatoms. The van der Waals surface area contributed by atoms with E-state index in [-0.39, 0.29) is 0 Å². The molecule has 0 aliphatic carbocycles. The fourth-order valence-corrected chi connectivity index (χ4v) is 4.24. The van der Waals surface area contributed by atoms with E-state index in [1.807, 2.05) is 24.3 Å². The van der Waals surface area contributed by atoms with Crippen LogP contribution in [0.15, 0.2) is 97.1 Å². The molecule has 0 unspecified atom stereocenters. The van der Waals surface area contributed by atoms with Crippen LogP contribution >= 0.6 is 0 Å². The molecule has 0 atom stereocenters. The first-order valence-corrected chi connectivity index (χ1v) is 11.4. The summed E-state index contributed by atoms with van der Waals surface area (Å²) in [7, 11) is 0. The van der Waals surface area contributed by atoms with Crippen LogP contribution in [0, 0.1) is 0 Å². The molecule has 0 saturated heterocycles. The monoisotopic (exact) mass is 422 g/mol. The number of aromatic hydroxyl groups is 2. The molecule has 0 bridgehead atoms. The summed E-state index contributed by atoms with van der Waals surface area (Å²) in [4.78, 5) is 0. The van der Waals surface area contributed by atoms with Crippen molar-refractivity contribution in [1.29, 1.82) is 0 Å². The van der Waals surface area contributed by atoms with Crippen LogP contribution in [0.2, 0.25) is 0 Å². The van der Waals surface area contributed by atoms with Crippen molar-refractivity contribution in [2.75, 3.05) is 0 Å². The maximum Gasteiger partial charge on any atom is 0.115 e. The zero-order valence-corrected chi connectivity index (χ0v) is 18.4. The standard InChI is InChI=1S/C30H30O2/c31-29-19-11-23(12-20-29)9-15-25-5-1-3-7-27(25)17-18-28-8-4-2-6-26(28)16-10-24-13-21-30(32)22-14-24/h1-8,11-14,19-22,31-32H,9-10,15-18H2. The van der Waals surface area contributed by atoms with Crippen molar-refractivity contribution in [1.82, 2.24) is 0 Å². The Morgan fingerprint density at radius 1 is 0.344 bits per heavy atom. The smallest absolute Gasteiger partial charge is 0.115 e. The van der Waals surface area contributed by atoms with Crippen molar-refractivity contribution in [3.05, 3.63) is 130 Å². The van der Waals surface area contributed by atoms with Crippen LogP contribution in [-0.2, 0) is 38.5 Å². The van der Waals surface area contributed by atoms with E-state index in [0.29, 0.717) is 11.5 Å². The van der Waals surface area contributed by atoms with E-state index >= 15 is 0 Å². The number of aryl methyl sites for hydroxylation is 6. The second-order valence-electron chi connectivity index (χ2n) is 8.37. The van der Waals surface area contributed by atoms with Crippen molar-refractivity contribution < 1.29 is 10.2 Å². The topological polar surface area (TPSA) is 40.5 Å². The Hall–Kier alpha value is -3.52. The molecule has 0 aliphatic heterocycles. The molecular formula is C30H30O2. The summed E-state index contributed by atoms with van der Waals surface area (Å²) in [6, 6.07) is 32.6. The minimum absolute atomic E-state index is 0.318. The Balaban J connectivity index is 1.39. The van der Waals surface area contributed by atoms with Gasteiger partial charge in [0.15, 0.2) is 0 Å². The van der Waals surface area contributed by atoms with Gasteiger partial charge in [-0.2, -0.15) is 0 Å². The maximum atomic E-state index is 9.49. The average Bonchev–Trinajstić information content (AvgIpc) is 2.83. The van der Waals surface area contributed by atoms with Gasteiger partial charge in [0.05, 0.1) is 0 Å². The van der Waals surface area contributed by atoms with Crippen LogP contribution in [0.25, 0.3) is 0 Å². The maximum absolute atomic E-state index is 9.49. The van der Waals surface area contributed by atoms with Gasteiger partial charge in [-0.1, -0.05) is 72.8 Å². The van der Waals surface area contributed by atoms with Crippen LogP contribution in [-0.4, -0.2) is 10.2 Å². The summed E-state index contributed by atoms with van der Waals surface area (Å²) in [5.41, 5.74) is 8.14. The second-order valence-corrected chi connectivity index (χ2v) is 8.37. The molecule has 32 heavy (non-hydrogen) atoms. The molecule has 2 nitrogen and oxygen atoms in total. The van der Waals surface area contributed by atoms with Crippen LogP contribution in [0.3, 0.4) is 0 Å². The molecule has 0 aromatic heterocycles. The number of rotatable bonds is 9. The van der Waals surface area contributed by atoms with Gasteiger partial charge in [0, 0.05) is 0 Å². The normalized spacial score (nSPS) is 10.9. The van der Waals surface area contributed by atoms with Crippen molar-refractivity contribution in [2.24, 2.45) is 0 Å². The molecule has 4 aromatic carbocycles. The van der Waals surface area contributed by atoms with Gasteiger partial charge >= 0.3 is 0 Å². The minimum atomic E-state index is 0.318. The van der Waals surface area contributed by atoms with Crippen LogP contribution in [0.1, 0.15) is 33.4 Å². The van der Waals surface area contributed by atoms with Crippen molar-refractivity contribution >= 4 is 0 Å². The Bertz CT molecular complexity index is 1040. The molecule has 2 N–H and O–H groups in total. The molecule has 162 valence electrons. The van der Waals surface area contributed by atoms with Crippen LogP contribution < -0.4 is 0 Å². The van der Waals surface area contributed by atoms with Crippen LogP contribution in [0.4, 0.5) is 0 Å². The number of phenols is 2. The number of benzene rings is 4. The van der Waals surface area contributed by atoms with E-state index in [4.69, 9.17) is 0 Å². The van der Waals surface area contributed by atoms with Gasteiger partial charge in [0.2, 0.25) is 0 Å². The predicted molar refractivity (Wildman–Crippen MR) is 131 cm³/mol. The molecular weight excluding hydrogens is 392 g/mol. The van der Waals surface area contributed by atoms with Gasteiger partial charge in [0.25, 0.3) is 0 Å². The summed E-state index contributed by atoms with van der Waals surface area (Å²) < 4.78 is 0. The molecule has 0 amide bonds. The lowest BCUT2D eigenvalue weighted by atomic mass is 9.93. The highest BCUT2D eigenvalue weighted by Gasteiger charge is 2.07. The molecule has 4 rings (SSSR count). The van der Waals surface area contributed by atoms with Crippen molar-refractivity contribution in [3.8, 4) is 11.5 Å². The fraction of sp³-hybridized carbons (Fsp3) is 0.200. The third-order valence-electron chi connectivity index (χ3n) is 6.14. The van der Waals surface area contributed by atoms with E-state index < -0.39 is 0 Å². The van der Waals surface area contributed by atoms with Gasteiger partial charge in [-0.05, 0) is 96.2 Å². The lowest BCUT2D eigenvalue weighted by molar-refractivity contribution is 0.474. The molecule has 0 heterocycles. The number of phenolic OH excluding ortho intramolecular Hbond substituents is 2. The summed E-state index contributed by atoms with van der Waals surface area (Å²) >= 11 is 0. The van der Waals surface area contributed by atoms with Gasteiger partial charge in [-0.25, -0.2) is 0 Å². The van der Waals surface area contributed by atoms with Crippen molar-refractivity contribution in [2.45, 2.75) is 38.5 Å². The first kappa shape index (κ1) is 21.7. The third-order valence-corrected chi connectivity index (χ3v) is 6.14. The number of hydrogen-bond donors (Lipinski definition) is 2. The minimum Gasteiger partial charge on any atom is -0.508 e. The SMILES string of the molecule is Oc1ccc(CCc2ccccc2CCc2ccccc2CCc2ccc(O)cc2)cc1. The van der Waals surface area contributed by atoms with Gasteiger partial charge in [-0.3, -0.25) is 0 Å². The lowest BCUT2D eigenvalue weighted by Gasteiger charge is -2.13. The molecule has 0 aliphatic rings. The highest BCUT2D eigenvalue weighted by Crippen LogP contribution is 2.20. The van der Waals surface area contributed by atoms with E-state index in [0.717, 1.165) is 38.5 Å². The highest BCUT2D eigenvalue weighted by atomic mass is 16.3. The van der Waals surface area contributed by atoms with Gasteiger partial charge < -0.3 is 10.2 Å². The average molecular weight is 423 g/mol. The second kappa shape index (κ2) is 10.7. The van der Waals surface area contributed by atoms with Crippen molar-refractivity contribution in [3.63, 3.8) is 0 Å². The molecule has 0 saturated carbocycles. The first-order valence-electron chi connectivity index (χ1n) is 11.4. The molecule has 0 spiro atoms. The van der Waals surface area contributed by atoms with Crippen LogP contribution in [0.5, 0.6) is 11.5 Å². The fourth-order valence-electron chi connectivity index (χ4n) is 4.24.